The number of aliphatic hydroxyl groups excluding tert-OH is 1. The summed E-state index contributed by atoms with van der Waals surface area (Å²) in [5.74, 6) is 0.320. The molecule has 2 heterocycles. The van der Waals surface area contributed by atoms with Crippen LogP contribution in [0.2, 0.25) is 0 Å². The maximum absolute atomic E-state index is 9.35. The molecule has 15 heavy (non-hydrogen) atoms. The van der Waals surface area contributed by atoms with E-state index in [1.54, 1.807) is 12.5 Å². The van der Waals surface area contributed by atoms with Crippen LogP contribution in [0.5, 0.6) is 0 Å². The molecule has 0 spiro atoms. The number of nitrogens with zero attached hydrogens (tertiary/aromatic N) is 1. The molecule has 0 aliphatic heterocycles. The second-order valence-electron chi connectivity index (χ2n) is 3.79. The van der Waals surface area contributed by atoms with Crippen molar-refractivity contribution in [2.45, 2.75) is 26.4 Å². The van der Waals surface area contributed by atoms with Gasteiger partial charge in [-0.15, -0.1) is 0 Å². The van der Waals surface area contributed by atoms with Gasteiger partial charge in [-0.1, -0.05) is 13.8 Å². The predicted molar refractivity (Wildman–Crippen MR) is 56.3 cm³/mol. The fourth-order valence-corrected chi connectivity index (χ4v) is 1.65. The number of H-pyrrole nitrogens is 1. The summed E-state index contributed by atoms with van der Waals surface area (Å²) in [6, 6.07) is 1.83. The quantitative estimate of drug-likeness (QED) is 0.809. The molecule has 2 aromatic heterocycles. The van der Waals surface area contributed by atoms with E-state index >= 15 is 0 Å². The van der Waals surface area contributed by atoms with Crippen LogP contribution < -0.4 is 0 Å². The van der Waals surface area contributed by atoms with Crippen molar-refractivity contribution in [2.24, 2.45) is 0 Å². The Bertz CT molecular complexity index is 429. The van der Waals surface area contributed by atoms with Gasteiger partial charge in [0.1, 0.15) is 5.69 Å². The molecule has 0 aromatic carbocycles. The first-order chi connectivity index (χ1) is 7.24. The van der Waals surface area contributed by atoms with E-state index in [1.165, 1.54) is 0 Å². The van der Waals surface area contributed by atoms with E-state index in [2.05, 4.69) is 24.0 Å². The van der Waals surface area contributed by atoms with Gasteiger partial charge in [0, 0.05) is 16.8 Å². The lowest BCUT2D eigenvalue weighted by Gasteiger charge is -2.04. The maximum Gasteiger partial charge on any atom is 0.101 e. The molecule has 0 fully saturated rings. The summed E-state index contributed by atoms with van der Waals surface area (Å²) in [6.45, 7) is 4.11. The molecule has 0 amide bonds. The number of nitrogens with one attached hydrogen (secondary N) is 1. The maximum atomic E-state index is 9.35. The SMILES string of the molecule is CC(C)c1[nH]nc(-c2ccoc2)c1CO. The second kappa shape index (κ2) is 3.90. The minimum absolute atomic E-state index is 0.00940. The van der Waals surface area contributed by atoms with Crippen LogP contribution in [0.15, 0.2) is 23.0 Å². The van der Waals surface area contributed by atoms with Gasteiger partial charge < -0.3 is 9.52 Å². The lowest BCUT2D eigenvalue weighted by Crippen LogP contribution is -1.94. The van der Waals surface area contributed by atoms with Gasteiger partial charge >= 0.3 is 0 Å². The normalized spacial score (nSPS) is 11.2. The van der Waals surface area contributed by atoms with Crippen molar-refractivity contribution in [1.82, 2.24) is 10.2 Å². The highest BCUT2D eigenvalue weighted by Crippen LogP contribution is 2.27. The number of hydrogen-bond acceptors (Lipinski definition) is 3. The lowest BCUT2D eigenvalue weighted by atomic mass is 10.0. The molecule has 0 saturated carbocycles. The van der Waals surface area contributed by atoms with Crippen molar-refractivity contribution in [1.29, 1.82) is 0 Å². The molecule has 2 rings (SSSR count). The molecule has 0 bridgehead atoms. The van der Waals surface area contributed by atoms with Crippen LogP contribution in [-0.4, -0.2) is 15.3 Å². The first-order valence-electron chi connectivity index (χ1n) is 4.94. The van der Waals surface area contributed by atoms with Crippen molar-refractivity contribution in [3.05, 3.63) is 29.9 Å². The average Bonchev–Trinajstić information content (AvgIpc) is 2.85. The Kier molecular flexibility index (Phi) is 2.60. The molecule has 0 aliphatic rings. The van der Waals surface area contributed by atoms with Crippen molar-refractivity contribution in [2.75, 3.05) is 0 Å². The Labute approximate surface area is 87.9 Å². The van der Waals surface area contributed by atoms with Crippen LogP contribution in [0.3, 0.4) is 0 Å². The minimum Gasteiger partial charge on any atom is -0.472 e. The zero-order valence-electron chi connectivity index (χ0n) is 8.82. The number of aliphatic hydroxyl groups is 1. The van der Waals surface area contributed by atoms with Gasteiger partial charge in [-0.05, 0) is 12.0 Å². The number of aromatic nitrogens is 2. The first-order valence-corrected chi connectivity index (χ1v) is 4.94. The number of hydrogen-bond donors (Lipinski definition) is 2. The Balaban J connectivity index is 2.49. The van der Waals surface area contributed by atoms with Gasteiger partial charge in [0.2, 0.25) is 0 Å². The number of aromatic amines is 1. The van der Waals surface area contributed by atoms with E-state index in [0.717, 1.165) is 22.5 Å². The summed E-state index contributed by atoms with van der Waals surface area (Å²) in [7, 11) is 0. The summed E-state index contributed by atoms with van der Waals surface area (Å²) in [4.78, 5) is 0. The highest BCUT2D eigenvalue weighted by atomic mass is 16.3. The summed E-state index contributed by atoms with van der Waals surface area (Å²) in [6.07, 6.45) is 3.22. The van der Waals surface area contributed by atoms with Crippen molar-refractivity contribution in [3.8, 4) is 11.3 Å². The zero-order chi connectivity index (χ0) is 10.8. The molecule has 4 heteroatoms. The van der Waals surface area contributed by atoms with Crippen LogP contribution in [-0.2, 0) is 6.61 Å². The Morgan fingerprint density at radius 3 is 2.87 bits per heavy atom. The third-order valence-electron chi connectivity index (χ3n) is 2.43. The monoisotopic (exact) mass is 206 g/mol. The van der Waals surface area contributed by atoms with Crippen molar-refractivity contribution >= 4 is 0 Å². The lowest BCUT2D eigenvalue weighted by molar-refractivity contribution is 0.280. The van der Waals surface area contributed by atoms with Gasteiger partial charge in [0.25, 0.3) is 0 Å². The number of furan rings is 1. The molecule has 0 unspecified atom stereocenters. The fraction of sp³-hybridized carbons (Fsp3) is 0.364. The van der Waals surface area contributed by atoms with E-state index in [1.807, 2.05) is 6.07 Å². The van der Waals surface area contributed by atoms with E-state index in [0.29, 0.717) is 5.92 Å². The van der Waals surface area contributed by atoms with E-state index in [9.17, 15) is 5.11 Å². The van der Waals surface area contributed by atoms with Gasteiger partial charge in [-0.3, -0.25) is 5.10 Å². The standard InChI is InChI=1S/C11H14N2O2/c1-7(2)10-9(5-14)11(13-12-10)8-3-4-15-6-8/h3-4,6-7,14H,5H2,1-2H3,(H,12,13). The molecule has 0 radical (unpaired) electrons. The van der Waals surface area contributed by atoms with E-state index in [-0.39, 0.29) is 6.61 Å². The van der Waals surface area contributed by atoms with Crippen molar-refractivity contribution < 1.29 is 9.52 Å². The predicted octanol–water partition coefficient (Wildman–Crippen LogP) is 2.29. The molecular formula is C11H14N2O2. The van der Waals surface area contributed by atoms with E-state index < -0.39 is 0 Å². The van der Waals surface area contributed by atoms with Crippen LogP contribution in [0.25, 0.3) is 11.3 Å². The largest absolute Gasteiger partial charge is 0.472 e. The Hall–Kier alpha value is -1.55. The van der Waals surface area contributed by atoms with Crippen LogP contribution in [0, 0.1) is 0 Å². The fourth-order valence-electron chi connectivity index (χ4n) is 1.65. The molecule has 80 valence electrons. The third-order valence-corrected chi connectivity index (χ3v) is 2.43. The third kappa shape index (κ3) is 1.68. The van der Waals surface area contributed by atoms with Crippen LogP contribution in [0.1, 0.15) is 31.0 Å². The molecule has 2 N–H and O–H groups in total. The highest BCUT2D eigenvalue weighted by Gasteiger charge is 2.16. The summed E-state index contributed by atoms with van der Waals surface area (Å²) in [5, 5.41) is 16.5. The average molecular weight is 206 g/mol. The molecule has 0 aliphatic carbocycles. The highest BCUT2D eigenvalue weighted by molar-refractivity contribution is 5.62. The van der Waals surface area contributed by atoms with Crippen molar-refractivity contribution in [3.63, 3.8) is 0 Å². The Morgan fingerprint density at radius 1 is 1.53 bits per heavy atom. The molecule has 2 aromatic rings. The summed E-state index contributed by atoms with van der Waals surface area (Å²) in [5.41, 5.74) is 3.50. The zero-order valence-corrected chi connectivity index (χ0v) is 8.82. The van der Waals surface area contributed by atoms with Crippen LogP contribution >= 0.6 is 0 Å². The Morgan fingerprint density at radius 2 is 2.33 bits per heavy atom. The molecule has 0 atom stereocenters. The van der Waals surface area contributed by atoms with Gasteiger partial charge in [0.05, 0.1) is 19.1 Å². The number of rotatable bonds is 3. The molecular weight excluding hydrogens is 192 g/mol. The smallest absolute Gasteiger partial charge is 0.101 e. The second-order valence-corrected chi connectivity index (χ2v) is 3.79. The summed E-state index contributed by atoms with van der Waals surface area (Å²) < 4.78 is 5.00. The topological polar surface area (TPSA) is 62.0 Å². The molecule has 4 nitrogen and oxygen atoms in total. The van der Waals surface area contributed by atoms with Gasteiger partial charge in [-0.25, -0.2) is 0 Å². The van der Waals surface area contributed by atoms with Gasteiger partial charge in [0.15, 0.2) is 0 Å². The first kappa shape index (κ1) is 9.98. The van der Waals surface area contributed by atoms with Crippen LogP contribution in [0.4, 0.5) is 0 Å². The minimum atomic E-state index is -0.00940. The summed E-state index contributed by atoms with van der Waals surface area (Å²) >= 11 is 0. The molecule has 0 saturated heterocycles. The van der Waals surface area contributed by atoms with Gasteiger partial charge in [-0.2, -0.15) is 5.10 Å². The van der Waals surface area contributed by atoms with E-state index in [4.69, 9.17) is 4.42 Å².